The van der Waals surface area contributed by atoms with E-state index < -0.39 is 61.2 Å². The van der Waals surface area contributed by atoms with Gasteiger partial charge in [0.05, 0.1) is 30.0 Å². The Labute approximate surface area is 238 Å². The van der Waals surface area contributed by atoms with E-state index in [2.05, 4.69) is 20.5 Å². The first-order chi connectivity index (χ1) is 19.6. The highest BCUT2D eigenvalue weighted by Gasteiger charge is 2.40. The quantitative estimate of drug-likeness (QED) is 0.287. The van der Waals surface area contributed by atoms with Crippen LogP contribution in [-0.4, -0.2) is 61.3 Å². The molecule has 1 aliphatic rings. The van der Waals surface area contributed by atoms with Gasteiger partial charge in [0.1, 0.15) is 12.2 Å². The van der Waals surface area contributed by atoms with Gasteiger partial charge >= 0.3 is 6.18 Å². The second-order valence-electron chi connectivity index (χ2n) is 10.7. The fourth-order valence-electron chi connectivity index (χ4n) is 5.08. The first-order valence-electron chi connectivity index (χ1n) is 13.3. The SMILES string of the molecule is CC(C)n1nccc1C(=O)N[C@H](c1cn2ncc(C(CC(F)F)C(=O)NCC(F)(F)F)cc2n1)C1CCC(F)(F)CC1.[HH].[HH]. The van der Waals surface area contributed by atoms with Crippen LogP contribution in [0.5, 0.6) is 0 Å². The summed E-state index contributed by atoms with van der Waals surface area (Å²) < 4.78 is 95.0. The Kier molecular flexibility index (Phi) is 9.11. The molecule has 2 atom stereocenters. The van der Waals surface area contributed by atoms with Gasteiger partial charge < -0.3 is 10.6 Å². The lowest BCUT2D eigenvalue weighted by Crippen LogP contribution is -2.38. The molecule has 42 heavy (non-hydrogen) atoms. The molecular weight excluding hydrogens is 575 g/mol. The van der Waals surface area contributed by atoms with Gasteiger partial charge in [0.2, 0.25) is 18.3 Å². The van der Waals surface area contributed by atoms with Crippen molar-refractivity contribution in [2.45, 2.75) is 82.5 Å². The first kappa shape index (κ1) is 31.2. The normalized spacial score (nSPS) is 17.5. The lowest BCUT2D eigenvalue weighted by Gasteiger charge is -2.33. The molecule has 0 aromatic carbocycles. The van der Waals surface area contributed by atoms with E-state index in [-0.39, 0.29) is 57.2 Å². The molecule has 0 bridgehead atoms. The Balaban J connectivity index is 0.00000337. The maximum absolute atomic E-state index is 14.0. The van der Waals surface area contributed by atoms with Gasteiger partial charge in [0.25, 0.3) is 5.91 Å². The summed E-state index contributed by atoms with van der Waals surface area (Å²) in [5, 5.41) is 12.8. The Morgan fingerprint density at radius 2 is 1.86 bits per heavy atom. The molecule has 1 aliphatic carbocycles. The van der Waals surface area contributed by atoms with Crippen molar-refractivity contribution in [3.8, 4) is 0 Å². The second kappa shape index (κ2) is 12.3. The maximum atomic E-state index is 14.0. The summed E-state index contributed by atoms with van der Waals surface area (Å²) in [6.45, 7) is 1.98. The molecule has 9 nitrogen and oxygen atoms in total. The fourth-order valence-corrected chi connectivity index (χ4v) is 5.08. The molecule has 3 heterocycles. The molecule has 16 heteroatoms. The summed E-state index contributed by atoms with van der Waals surface area (Å²) in [4.78, 5) is 30.2. The van der Waals surface area contributed by atoms with Crippen molar-refractivity contribution >= 4 is 17.5 Å². The molecule has 0 radical (unpaired) electrons. The molecule has 2 amide bonds. The topological polar surface area (TPSA) is 106 Å². The number of aromatic nitrogens is 5. The van der Waals surface area contributed by atoms with Crippen molar-refractivity contribution in [1.82, 2.24) is 35.0 Å². The highest BCUT2D eigenvalue weighted by atomic mass is 19.4. The van der Waals surface area contributed by atoms with E-state index in [0.717, 1.165) is 6.20 Å². The molecule has 0 saturated heterocycles. The molecule has 1 saturated carbocycles. The zero-order chi connectivity index (χ0) is 30.8. The van der Waals surface area contributed by atoms with E-state index in [0.29, 0.717) is 0 Å². The van der Waals surface area contributed by atoms with Crippen LogP contribution < -0.4 is 10.6 Å². The lowest BCUT2D eigenvalue weighted by atomic mass is 9.81. The number of nitrogens with one attached hydrogen (secondary N) is 2. The highest BCUT2D eigenvalue weighted by Crippen LogP contribution is 2.41. The molecule has 4 rings (SSSR count). The number of alkyl halides is 7. The van der Waals surface area contributed by atoms with E-state index >= 15 is 0 Å². The minimum Gasteiger partial charge on any atom is -0.346 e. The summed E-state index contributed by atoms with van der Waals surface area (Å²) in [7, 11) is 0. The van der Waals surface area contributed by atoms with Gasteiger partial charge in [-0.1, -0.05) is 0 Å². The van der Waals surface area contributed by atoms with E-state index in [1.165, 1.54) is 33.7 Å². The number of hydrogen-bond donors (Lipinski definition) is 2. The number of imidazole rings is 1. The average Bonchev–Trinajstić information content (AvgIpc) is 3.56. The summed E-state index contributed by atoms with van der Waals surface area (Å²) in [6, 6.07) is 1.80. The van der Waals surface area contributed by atoms with Crippen LogP contribution in [0, 0.1) is 5.92 Å². The number of hydrogen-bond acceptors (Lipinski definition) is 5. The van der Waals surface area contributed by atoms with Crippen molar-refractivity contribution in [1.29, 1.82) is 0 Å². The molecule has 1 fully saturated rings. The van der Waals surface area contributed by atoms with Crippen molar-refractivity contribution in [2.24, 2.45) is 5.92 Å². The van der Waals surface area contributed by atoms with Gasteiger partial charge in [-0.25, -0.2) is 27.1 Å². The number of carbonyl (C=O) groups is 2. The molecule has 3 aromatic heterocycles. The van der Waals surface area contributed by atoms with Gasteiger partial charge in [0, 0.05) is 34.4 Å². The number of nitrogens with zero attached hydrogens (tertiary/aromatic N) is 5. The van der Waals surface area contributed by atoms with Crippen LogP contribution in [0.2, 0.25) is 0 Å². The number of rotatable bonds is 10. The third-order valence-corrected chi connectivity index (χ3v) is 7.19. The summed E-state index contributed by atoms with van der Waals surface area (Å²) in [5.41, 5.74) is 0.488. The Morgan fingerprint density at radius 3 is 2.48 bits per heavy atom. The zero-order valence-corrected chi connectivity index (χ0v) is 22.7. The van der Waals surface area contributed by atoms with Crippen molar-refractivity contribution in [3.05, 3.63) is 47.7 Å². The largest absolute Gasteiger partial charge is 0.405 e. The molecule has 0 spiro atoms. The minimum absolute atomic E-state index is 0. The Morgan fingerprint density at radius 1 is 1.17 bits per heavy atom. The summed E-state index contributed by atoms with van der Waals surface area (Å²) >= 11 is 0. The fraction of sp³-hybridized carbons (Fsp3) is 0.577. The predicted molar refractivity (Wildman–Crippen MR) is 139 cm³/mol. The van der Waals surface area contributed by atoms with E-state index in [1.807, 2.05) is 13.8 Å². The zero-order valence-electron chi connectivity index (χ0n) is 22.7. The van der Waals surface area contributed by atoms with Crippen molar-refractivity contribution in [3.63, 3.8) is 0 Å². The van der Waals surface area contributed by atoms with Crippen molar-refractivity contribution in [2.75, 3.05) is 6.54 Å². The molecule has 3 aromatic rings. The van der Waals surface area contributed by atoms with Crippen LogP contribution in [-0.2, 0) is 4.79 Å². The Hall–Kier alpha value is -3.72. The number of halogens is 7. The monoisotopic (exact) mass is 609 g/mol. The van der Waals surface area contributed by atoms with Crippen LogP contribution in [0.15, 0.2) is 30.7 Å². The average molecular weight is 610 g/mol. The standard InChI is InChI=1S/C26H30F7N7O2.2H2/c1-14(2)40-19(5-8-35-40)24(42)38-22(15-3-6-25(29,30)7-4-15)18-12-39-21(37-18)9-16(11-36-39)17(10-20(27)28)23(41)34-13-26(31,32)33;;/h5,8-9,11-12,14-15,17,20,22H,3-4,6-7,10,13H2,1-2H3,(H,34,41)(H,38,42);2*1H/t17?,22-;;/m0../s1. The van der Waals surface area contributed by atoms with E-state index in [4.69, 9.17) is 0 Å². The van der Waals surface area contributed by atoms with Crippen LogP contribution in [0.3, 0.4) is 0 Å². The predicted octanol–water partition coefficient (Wildman–Crippen LogP) is 5.71. The third kappa shape index (κ3) is 7.56. The van der Waals surface area contributed by atoms with E-state index in [9.17, 15) is 40.3 Å². The number of carbonyl (C=O) groups excluding carboxylic acids is 2. The molecule has 2 N–H and O–H groups in total. The Bertz CT molecular complexity index is 1400. The summed E-state index contributed by atoms with van der Waals surface area (Å²) in [6.07, 6.45) is -5.39. The molecule has 0 aliphatic heterocycles. The maximum Gasteiger partial charge on any atom is 0.405 e. The van der Waals surface area contributed by atoms with Gasteiger partial charge in [-0.05, 0) is 50.3 Å². The summed E-state index contributed by atoms with van der Waals surface area (Å²) in [5.74, 6) is -6.65. The van der Waals surface area contributed by atoms with Gasteiger partial charge in [-0.3, -0.25) is 14.3 Å². The van der Waals surface area contributed by atoms with Crippen LogP contribution in [0.4, 0.5) is 30.7 Å². The van der Waals surface area contributed by atoms with Crippen LogP contribution in [0.25, 0.3) is 5.65 Å². The van der Waals surface area contributed by atoms with Crippen LogP contribution >= 0.6 is 0 Å². The minimum atomic E-state index is -4.74. The van der Waals surface area contributed by atoms with Gasteiger partial charge in [0.15, 0.2) is 5.65 Å². The van der Waals surface area contributed by atoms with Gasteiger partial charge in [-0.15, -0.1) is 0 Å². The van der Waals surface area contributed by atoms with Gasteiger partial charge in [-0.2, -0.15) is 23.4 Å². The number of fused-ring (bicyclic) bond motifs is 1. The smallest absolute Gasteiger partial charge is 0.346 e. The van der Waals surface area contributed by atoms with Crippen LogP contribution in [0.1, 0.15) is 88.6 Å². The molecule has 1 unspecified atom stereocenters. The van der Waals surface area contributed by atoms with Crippen molar-refractivity contribution < 1.29 is 43.2 Å². The number of amides is 2. The third-order valence-electron chi connectivity index (χ3n) is 7.19. The lowest BCUT2D eigenvalue weighted by molar-refractivity contribution is -0.139. The highest BCUT2D eigenvalue weighted by molar-refractivity contribution is 5.92. The first-order valence-corrected chi connectivity index (χ1v) is 13.3. The molecular formula is C26H34F7N7O2. The second-order valence-corrected chi connectivity index (χ2v) is 10.7. The molecule has 234 valence electrons. The van der Waals surface area contributed by atoms with E-state index in [1.54, 1.807) is 5.32 Å².